The molecule has 3 heterocycles. The number of ether oxygens (including phenoxy) is 1. The zero-order valence-electron chi connectivity index (χ0n) is 13.2. The highest BCUT2D eigenvalue weighted by atomic mass is 16.5. The second-order valence-corrected chi connectivity index (χ2v) is 6.71. The van der Waals surface area contributed by atoms with E-state index in [1.54, 1.807) is 10.7 Å². The largest absolute Gasteiger partial charge is 0.378 e. The van der Waals surface area contributed by atoms with E-state index < -0.39 is 0 Å². The van der Waals surface area contributed by atoms with Crippen LogP contribution in [0.25, 0.3) is 0 Å². The Morgan fingerprint density at radius 2 is 1.91 bits per heavy atom. The van der Waals surface area contributed by atoms with Crippen molar-refractivity contribution < 1.29 is 9.53 Å². The van der Waals surface area contributed by atoms with Crippen molar-refractivity contribution in [1.82, 2.24) is 19.6 Å². The number of morpholine rings is 1. The van der Waals surface area contributed by atoms with Gasteiger partial charge in [-0.2, -0.15) is 5.10 Å². The lowest BCUT2D eigenvalue weighted by Crippen LogP contribution is -2.58. The van der Waals surface area contributed by atoms with Gasteiger partial charge in [-0.25, -0.2) is 9.48 Å². The monoisotopic (exact) mass is 318 g/mol. The minimum Gasteiger partial charge on any atom is -0.378 e. The minimum absolute atomic E-state index is 0.0487. The highest BCUT2D eigenvalue weighted by Crippen LogP contribution is 2.38. The summed E-state index contributed by atoms with van der Waals surface area (Å²) in [4.78, 5) is 28.0. The molecule has 1 saturated carbocycles. The fourth-order valence-electron chi connectivity index (χ4n) is 3.23. The van der Waals surface area contributed by atoms with Gasteiger partial charge in [0.05, 0.1) is 25.5 Å². The first-order chi connectivity index (χ1) is 11.2. The third-order valence-corrected chi connectivity index (χ3v) is 4.82. The summed E-state index contributed by atoms with van der Waals surface area (Å²) >= 11 is 0. The van der Waals surface area contributed by atoms with E-state index >= 15 is 0 Å². The van der Waals surface area contributed by atoms with Crippen LogP contribution in [0.4, 0.5) is 4.79 Å². The number of amides is 2. The second kappa shape index (κ2) is 5.96. The van der Waals surface area contributed by atoms with E-state index in [2.05, 4.69) is 5.10 Å². The zero-order valence-corrected chi connectivity index (χ0v) is 13.2. The Morgan fingerprint density at radius 3 is 2.61 bits per heavy atom. The van der Waals surface area contributed by atoms with Crippen LogP contribution in [-0.4, -0.2) is 65.0 Å². The van der Waals surface area contributed by atoms with Crippen LogP contribution < -0.4 is 5.56 Å². The molecule has 0 N–H and O–H groups in total. The Morgan fingerprint density at radius 1 is 1.17 bits per heavy atom. The third-order valence-electron chi connectivity index (χ3n) is 4.82. The molecule has 2 aliphatic heterocycles. The van der Waals surface area contributed by atoms with Crippen LogP contribution >= 0.6 is 0 Å². The smallest absolute Gasteiger partial charge is 0.320 e. The van der Waals surface area contributed by atoms with Gasteiger partial charge in [0.15, 0.2) is 0 Å². The molecule has 3 aliphatic rings. The standard InChI is InChI=1S/C16H22N4O3/c21-15-4-3-14(13-1-2-13)17-20(15)11-12-9-19(10-12)16(22)18-5-7-23-8-6-18/h3-4,12-13H,1-2,5-11H2. The summed E-state index contributed by atoms with van der Waals surface area (Å²) in [5.41, 5.74) is 0.984. The van der Waals surface area contributed by atoms with Crippen LogP contribution in [0.15, 0.2) is 16.9 Å². The van der Waals surface area contributed by atoms with E-state index in [4.69, 9.17) is 4.74 Å². The lowest BCUT2D eigenvalue weighted by Gasteiger charge is -2.42. The van der Waals surface area contributed by atoms with E-state index in [9.17, 15) is 9.59 Å². The number of carbonyl (C=O) groups excluding carboxylic acids is 1. The van der Waals surface area contributed by atoms with E-state index in [0.717, 1.165) is 5.69 Å². The molecule has 1 aliphatic carbocycles. The average Bonchev–Trinajstić information content (AvgIpc) is 3.37. The van der Waals surface area contributed by atoms with Gasteiger partial charge in [0, 0.05) is 44.1 Å². The maximum Gasteiger partial charge on any atom is 0.320 e. The predicted octanol–water partition coefficient (Wildman–Crippen LogP) is 0.505. The van der Waals surface area contributed by atoms with Crippen molar-refractivity contribution in [3.63, 3.8) is 0 Å². The minimum atomic E-state index is -0.0487. The molecule has 0 atom stereocenters. The Bertz CT molecular complexity index is 643. The second-order valence-electron chi connectivity index (χ2n) is 6.71. The maximum absolute atomic E-state index is 12.3. The normalized spacial score (nSPS) is 22.1. The molecule has 4 rings (SSSR count). The van der Waals surface area contributed by atoms with Gasteiger partial charge in [-0.15, -0.1) is 0 Å². The summed E-state index contributed by atoms with van der Waals surface area (Å²) in [5.74, 6) is 0.863. The van der Waals surface area contributed by atoms with Gasteiger partial charge in [0.1, 0.15) is 0 Å². The number of carbonyl (C=O) groups is 1. The summed E-state index contributed by atoms with van der Waals surface area (Å²) in [6.45, 7) is 4.60. The number of aromatic nitrogens is 2. The molecule has 7 heteroatoms. The number of rotatable bonds is 3. The van der Waals surface area contributed by atoms with Gasteiger partial charge in [0.2, 0.25) is 0 Å². The maximum atomic E-state index is 12.3. The van der Waals surface area contributed by atoms with Crippen molar-refractivity contribution in [2.45, 2.75) is 25.3 Å². The Kier molecular flexibility index (Phi) is 3.80. The van der Waals surface area contributed by atoms with Gasteiger partial charge in [0.25, 0.3) is 5.56 Å². The molecule has 0 aromatic carbocycles. The molecule has 0 bridgehead atoms. The number of urea groups is 1. The van der Waals surface area contributed by atoms with Crippen molar-refractivity contribution in [1.29, 1.82) is 0 Å². The van der Waals surface area contributed by atoms with E-state index in [1.807, 2.05) is 15.9 Å². The Labute approximate surface area is 134 Å². The summed E-state index contributed by atoms with van der Waals surface area (Å²) in [5, 5.41) is 4.49. The number of likely N-dealkylation sites (tertiary alicyclic amines) is 1. The van der Waals surface area contributed by atoms with Crippen molar-refractivity contribution in [3.05, 3.63) is 28.2 Å². The van der Waals surface area contributed by atoms with E-state index in [1.165, 1.54) is 12.8 Å². The quantitative estimate of drug-likeness (QED) is 0.814. The fraction of sp³-hybridized carbons (Fsp3) is 0.688. The Balaban J connectivity index is 1.33. The summed E-state index contributed by atoms with van der Waals surface area (Å²) in [6, 6.07) is 3.57. The third kappa shape index (κ3) is 3.10. The van der Waals surface area contributed by atoms with Crippen LogP contribution in [0.2, 0.25) is 0 Å². The average molecular weight is 318 g/mol. The summed E-state index contributed by atoms with van der Waals surface area (Å²) in [6.07, 6.45) is 2.35. The van der Waals surface area contributed by atoms with E-state index in [-0.39, 0.29) is 11.6 Å². The fourth-order valence-corrected chi connectivity index (χ4v) is 3.23. The van der Waals surface area contributed by atoms with Crippen LogP contribution in [-0.2, 0) is 11.3 Å². The molecule has 0 unspecified atom stereocenters. The SMILES string of the molecule is O=C(N1CCOCC1)N1CC(Cn2nc(C3CC3)ccc2=O)C1. The molecule has 0 spiro atoms. The molecule has 124 valence electrons. The highest BCUT2D eigenvalue weighted by Gasteiger charge is 2.34. The molecular formula is C16H22N4O3. The van der Waals surface area contributed by atoms with Crippen LogP contribution in [0.3, 0.4) is 0 Å². The molecule has 1 aromatic heterocycles. The first-order valence-corrected chi connectivity index (χ1v) is 8.40. The Hall–Kier alpha value is -1.89. The first kappa shape index (κ1) is 14.7. The van der Waals surface area contributed by atoms with Crippen molar-refractivity contribution in [2.75, 3.05) is 39.4 Å². The number of nitrogens with zero attached hydrogens (tertiary/aromatic N) is 4. The topological polar surface area (TPSA) is 67.7 Å². The van der Waals surface area contributed by atoms with Gasteiger partial charge >= 0.3 is 6.03 Å². The first-order valence-electron chi connectivity index (χ1n) is 8.40. The zero-order chi connectivity index (χ0) is 15.8. The van der Waals surface area contributed by atoms with Crippen molar-refractivity contribution in [2.24, 2.45) is 5.92 Å². The van der Waals surface area contributed by atoms with Crippen LogP contribution in [0, 0.1) is 5.92 Å². The lowest BCUT2D eigenvalue weighted by atomic mass is 10.0. The molecule has 2 saturated heterocycles. The molecule has 2 amide bonds. The molecule has 7 nitrogen and oxygen atoms in total. The van der Waals surface area contributed by atoms with E-state index in [0.29, 0.717) is 57.8 Å². The van der Waals surface area contributed by atoms with Crippen molar-refractivity contribution >= 4 is 6.03 Å². The van der Waals surface area contributed by atoms with Crippen LogP contribution in [0.1, 0.15) is 24.5 Å². The predicted molar refractivity (Wildman–Crippen MR) is 83.3 cm³/mol. The van der Waals surface area contributed by atoms with Crippen LogP contribution in [0.5, 0.6) is 0 Å². The van der Waals surface area contributed by atoms with Gasteiger partial charge in [-0.3, -0.25) is 4.79 Å². The summed E-state index contributed by atoms with van der Waals surface area (Å²) < 4.78 is 6.85. The van der Waals surface area contributed by atoms with Gasteiger partial charge in [-0.05, 0) is 18.9 Å². The number of hydrogen-bond acceptors (Lipinski definition) is 4. The van der Waals surface area contributed by atoms with Gasteiger partial charge < -0.3 is 14.5 Å². The van der Waals surface area contributed by atoms with Gasteiger partial charge in [-0.1, -0.05) is 0 Å². The molecule has 3 fully saturated rings. The molecule has 23 heavy (non-hydrogen) atoms. The summed E-state index contributed by atoms with van der Waals surface area (Å²) in [7, 11) is 0. The highest BCUT2D eigenvalue weighted by molar-refractivity contribution is 5.75. The number of hydrogen-bond donors (Lipinski definition) is 0. The van der Waals surface area contributed by atoms with Crippen molar-refractivity contribution in [3.8, 4) is 0 Å². The molecular weight excluding hydrogens is 296 g/mol. The lowest BCUT2D eigenvalue weighted by molar-refractivity contribution is 0.0263. The molecule has 0 radical (unpaired) electrons. The molecule has 1 aromatic rings.